The van der Waals surface area contributed by atoms with Gasteiger partial charge in [0, 0.05) is 23.2 Å². The highest BCUT2D eigenvalue weighted by Crippen LogP contribution is 2.20. The maximum absolute atomic E-state index is 12.3. The fraction of sp³-hybridized carbons (Fsp3) is 0.261. The molecule has 0 bridgehead atoms. The zero-order valence-electron chi connectivity index (χ0n) is 16.7. The number of benzene rings is 2. The van der Waals surface area contributed by atoms with Gasteiger partial charge in [0.1, 0.15) is 0 Å². The Morgan fingerprint density at radius 1 is 1.10 bits per heavy atom. The van der Waals surface area contributed by atoms with E-state index in [0.717, 1.165) is 10.9 Å². The standard InChI is InChI=1S/C23H24N2O4/c1-14(2)15-7-9-20-18(11-15)12-16(22(27)25-20)8-10-21(26)24-19-6-4-5-17(13-19)23(28)29-3/h4-7,9,11-14H,8,10H2,1-3H3,(H,24,26)(H,25,27). The normalized spacial score (nSPS) is 10.9. The van der Waals surface area contributed by atoms with E-state index in [0.29, 0.717) is 29.2 Å². The summed E-state index contributed by atoms with van der Waals surface area (Å²) in [5, 5.41) is 3.71. The van der Waals surface area contributed by atoms with Crippen molar-refractivity contribution in [3.63, 3.8) is 0 Å². The third-order valence-corrected chi connectivity index (χ3v) is 4.80. The number of ether oxygens (including phenoxy) is 1. The highest BCUT2D eigenvalue weighted by molar-refractivity contribution is 5.94. The van der Waals surface area contributed by atoms with Crippen LogP contribution in [0.5, 0.6) is 0 Å². The lowest BCUT2D eigenvalue weighted by Crippen LogP contribution is -2.17. The topological polar surface area (TPSA) is 88.3 Å². The fourth-order valence-electron chi connectivity index (χ4n) is 3.13. The molecule has 150 valence electrons. The van der Waals surface area contributed by atoms with Gasteiger partial charge in [-0.15, -0.1) is 0 Å². The predicted molar refractivity (Wildman–Crippen MR) is 113 cm³/mol. The molecule has 3 aromatic rings. The summed E-state index contributed by atoms with van der Waals surface area (Å²) in [6.45, 7) is 4.24. The number of esters is 1. The number of hydrogen-bond acceptors (Lipinski definition) is 4. The lowest BCUT2D eigenvalue weighted by molar-refractivity contribution is -0.116. The summed E-state index contributed by atoms with van der Waals surface area (Å²) < 4.78 is 4.68. The van der Waals surface area contributed by atoms with Crippen LogP contribution in [0.15, 0.2) is 53.3 Å². The molecule has 0 saturated carbocycles. The minimum absolute atomic E-state index is 0.154. The van der Waals surface area contributed by atoms with Crippen LogP contribution in [0.1, 0.15) is 47.7 Å². The summed E-state index contributed by atoms with van der Waals surface area (Å²) in [5.41, 5.74) is 3.22. The van der Waals surface area contributed by atoms with E-state index >= 15 is 0 Å². The molecule has 3 rings (SSSR count). The van der Waals surface area contributed by atoms with Crippen LogP contribution in [0.4, 0.5) is 5.69 Å². The summed E-state index contributed by atoms with van der Waals surface area (Å²) in [6, 6.07) is 14.4. The van der Waals surface area contributed by atoms with Crippen LogP contribution < -0.4 is 10.9 Å². The molecular weight excluding hydrogens is 368 g/mol. The van der Waals surface area contributed by atoms with Crippen molar-refractivity contribution < 1.29 is 14.3 Å². The number of fused-ring (bicyclic) bond motifs is 1. The monoisotopic (exact) mass is 392 g/mol. The second-order valence-electron chi connectivity index (χ2n) is 7.25. The second-order valence-corrected chi connectivity index (χ2v) is 7.25. The van der Waals surface area contributed by atoms with E-state index in [-0.39, 0.29) is 17.9 Å². The van der Waals surface area contributed by atoms with Gasteiger partial charge in [-0.1, -0.05) is 26.0 Å². The number of hydrogen-bond donors (Lipinski definition) is 2. The van der Waals surface area contributed by atoms with Crippen molar-refractivity contribution >= 4 is 28.5 Å². The molecule has 0 aliphatic heterocycles. The van der Waals surface area contributed by atoms with Gasteiger partial charge in [0.15, 0.2) is 0 Å². The van der Waals surface area contributed by atoms with Crippen molar-refractivity contribution in [1.29, 1.82) is 0 Å². The summed E-state index contributed by atoms with van der Waals surface area (Å²) in [7, 11) is 1.30. The van der Waals surface area contributed by atoms with Crippen LogP contribution >= 0.6 is 0 Å². The van der Waals surface area contributed by atoms with E-state index in [1.807, 2.05) is 18.2 Å². The molecule has 0 unspecified atom stereocenters. The molecule has 0 aliphatic carbocycles. The molecule has 0 atom stereocenters. The van der Waals surface area contributed by atoms with Crippen LogP contribution in [0.2, 0.25) is 0 Å². The largest absolute Gasteiger partial charge is 0.465 e. The Labute approximate surface area is 168 Å². The third-order valence-electron chi connectivity index (χ3n) is 4.80. The number of pyridine rings is 1. The average molecular weight is 392 g/mol. The molecule has 29 heavy (non-hydrogen) atoms. The van der Waals surface area contributed by atoms with Crippen LogP contribution in [-0.2, 0) is 16.0 Å². The maximum atomic E-state index is 12.3. The molecule has 0 spiro atoms. The first kappa shape index (κ1) is 20.3. The van der Waals surface area contributed by atoms with Crippen LogP contribution in [0.3, 0.4) is 0 Å². The van der Waals surface area contributed by atoms with E-state index in [9.17, 15) is 14.4 Å². The molecule has 6 nitrogen and oxygen atoms in total. The minimum atomic E-state index is -0.468. The number of amides is 1. The van der Waals surface area contributed by atoms with Gasteiger partial charge >= 0.3 is 5.97 Å². The highest BCUT2D eigenvalue weighted by atomic mass is 16.5. The molecule has 1 aromatic heterocycles. The zero-order valence-corrected chi connectivity index (χ0v) is 16.7. The van der Waals surface area contributed by atoms with E-state index in [1.54, 1.807) is 24.3 Å². The van der Waals surface area contributed by atoms with Gasteiger partial charge in [-0.2, -0.15) is 0 Å². The number of anilines is 1. The van der Waals surface area contributed by atoms with Gasteiger partial charge in [0.05, 0.1) is 12.7 Å². The number of aromatic nitrogens is 1. The van der Waals surface area contributed by atoms with Crippen molar-refractivity contribution in [3.8, 4) is 0 Å². The van der Waals surface area contributed by atoms with E-state index in [2.05, 4.69) is 35.0 Å². The number of aryl methyl sites for hydroxylation is 1. The smallest absolute Gasteiger partial charge is 0.337 e. The van der Waals surface area contributed by atoms with Gasteiger partial charge in [0.2, 0.25) is 5.91 Å². The number of aromatic amines is 1. The molecule has 0 radical (unpaired) electrons. The lowest BCUT2D eigenvalue weighted by Gasteiger charge is -2.09. The number of nitrogens with one attached hydrogen (secondary N) is 2. The van der Waals surface area contributed by atoms with Crippen LogP contribution in [0, 0.1) is 0 Å². The van der Waals surface area contributed by atoms with Gasteiger partial charge in [-0.25, -0.2) is 4.79 Å². The van der Waals surface area contributed by atoms with E-state index in [1.165, 1.54) is 12.7 Å². The Balaban J connectivity index is 1.71. The third kappa shape index (κ3) is 4.90. The molecule has 0 aliphatic rings. The van der Waals surface area contributed by atoms with Crippen LogP contribution in [0.25, 0.3) is 10.9 Å². The van der Waals surface area contributed by atoms with Crippen molar-refractivity contribution in [3.05, 3.63) is 75.6 Å². The summed E-state index contributed by atoms with van der Waals surface area (Å²) in [5.74, 6) is -0.312. The van der Waals surface area contributed by atoms with Gasteiger partial charge in [0.25, 0.3) is 5.56 Å². The number of carbonyl (C=O) groups is 2. The van der Waals surface area contributed by atoms with Gasteiger partial charge < -0.3 is 15.0 Å². The summed E-state index contributed by atoms with van der Waals surface area (Å²) >= 11 is 0. The average Bonchev–Trinajstić information content (AvgIpc) is 2.71. The zero-order chi connectivity index (χ0) is 21.0. The SMILES string of the molecule is COC(=O)c1cccc(NC(=O)CCc2cc3cc(C(C)C)ccc3[nH]c2=O)c1. The molecule has 2 N–H and O–H groups in total. The number of H-pyrrole nitrogens is 1. The van der Waals surface area contributed by atoms with Gasteiger partial charge in [-0.3, -0.25) is 9.59 Å². The molecular formula is C23H24N2O4. The Morgan fingerprint density at radius 3 is 2.62 bits per heavy atom. The van der Waals surface area contributed by atoms with Gasteiger partial charge in [-0.05, 0) is 59.7 Å². The van der Waals surface area contributed by atoms with Crippen molar-refractivity contribution in [1.82, 2.24) is 4.98 Å². The Hall–Kier alpha value is -3.41. The first-order valence-corrected chi connectivity index (χ1v) is 9.51. The number of rotatable bonds is 6. The molecule has 1 amide bonds. The van der Waals surface area contributed by atoms with Crippen molar-refractivity contribution in [2.24, 2.45) is 0 Å². The first-order valence-electron chi connectivity index (χ1n) is 9.51. The summed E-state index contributed by atoms with van der Waals surface area (Å²) in [4.78, 5) is 39.1. The Morgan fingerprint density at radius 2 is 1.90 bits per heavy atom. The first-order chi connectivity index (χ1) is 13.9. The lowest BCUT2D eigenvalue weighted by atomic mass is 10.00. The summed E-state index contributed by atoms with van der Waals surface area (Å²) in [6.07, 6.45) is 0.473. The second kappa shape index (κ2) is 8.73. The van der Waals surface area contributed by atoms with E-state index in [4.69, 9.17) is 0 Å². The Bertz CT molecular complexity index is 1120. The highest BCUT2D eigenvalue weighted by Gasteiger charge is 2.10. The predicted octanol–water partition coefficient (Wildman–Crippen LogP) is 4.01. The molecule has 6 heteroatoms. The Kier molecular flexibility index (Phi) is 6.12. The fourth-order valence-corrected chi connectivity index (χ4v) is 3.13. The van der Waals surface area contributed by atoms with Crippen LogP contribution in [-0.4, -0.2) is 24.0 Å². The molecule has 0 fully saturated rings. The number of carbonyl (C=O) groups excluding carboxylic acids is 2. The molecule has 1 heterocycles. The van der Waals surface area contributed by atoms with Crippen molar-refractivity contribution in [2.45, 2.75) is 32.6 Å². The molecule has 0 saturated heterocycles. The maximum Gasteiger partial charge on any atom is 0.337 e. The minimum Gasteiger partial charge on any atom is -0.465 e. The quantitative estimate of drug-likeness (QED) is 0.621. The molecule has 2 aromatic carbocycles. The van der Waals surface area contributed by atoms with E-state index < -0.39 is 5.97 Å². The van der Waals surface area contributed by atoms with Crippen molar-refractivity contribution in [2.75, 3.05) is 12.4 Å². The number of methoxy groups -OCH3 is 1.